The van der Waals surface area contributed by atoms with Crippen molar-refractivity contribution in [2.75, 3.05) is 17.6 Å². The number of rotatable bonds is 5. The monoisotopic (exact) mass is 282 g/mol. The zero-order chi connectivity index (χ0) is 14.7. The van der Waals surface area contributed by atoms with E-state index in [2.05, 4.69) is 32.2 Å². The Morgan fingerprint density at radius 3 is 2.90 bits per heavy atom. The summed E-state index contributed by atoms with van der Waals surface area (Å²) in [7, 11) is 0. The molecule has 0 aliphatic heterocycles. The molecule has 0 aliphatic carbocycles. The molecule has 0 aliphatic rings. The van der Waals surface area contributed by atoms with Gasteiger partial charge in [-0.25, -0.2) is 15.0 Å². The molecule has 0 saturated heterocycles. The van der Waals surface area contributed by atoms with Gasteiger partial charge in [0, 0.05) is 36.4 Å². The van der Waals surface area contributed by atoms with Crippen LogP contribution in [0.1, 0.15) is 19.8 Å². The van der Waals surface area contributed by atoms with Gasteiger partial charge >= 0.3 is 0 Å². The largest absolute Gasteiger partial charge is 0.384 e. The third-order valence-corrected chi connectivity index (χ3v) is 3.37. The second-order valence-electron chi connectivity index (χ2n) is 4.86. The van der Waals surface area contributed by atoms with Crippen LogP contribution in [0.15, 0.2) is 30.7 Å². The third kappa shape index (κ3) is 2.65. The first-order valence-electron chi connectivity index (χ1n) is 7.08. The highest BCUT2D eigenvalue weighted by atomic mass is 15.0. The molecule has 0 aromatic carbocycles. The number of nitrogens with one attached hydrogen (secondary N) is 2. The van der Waals surface area contributed by atoms with Crippen molar-refractivity contribution < 1.29 is 0 Å². The summed E-state index contributed by atoms with van der Waals surface area (Å²) in [6.07, 6.45) is 7.65. The van der Waals surface area contributed by atoms with Gasteiger partial charge in [0.2, 0.25) is 5.95 Å². The molecule has 0 atom stereocenters. The number of anilines is 2. The Kier molecular flexibility index (Phi) is 3.68. The molecule has 0 saturated carbocycles. The minimum Gasteiger partial charge on any atom is -0.384 e. The average molecular weight is 282 g/mol. The molecule has 3 rings (SSSR count). The Bertz CT molecular complexity index is 749. The lowest BCUT2D eigenvalue weighted by atomic mass is 10.1. The summed E-state index contributed by atoms with van der Waals surface area (Å²) in [5, 5.41) is 4.50. The molecular weight excluding hydrogens is 264 g/mol. The highest BCUT2D eigenvalue weighted by Gasteiger charge is 2.12. The van der Waals surface area contributed by atoms with Crippen molar-refractivity contribution in [1.82, 2.24) is 19.9 Å². The number of hydrogen-bond donors (Lipinski definition) is 3. The van der Waals surface area contributed by atoms with Gasteiger partial charge in [-0.05, 0) is 18.6 Å². The van der Waals surface area contributed by atoms with Gasteiger partial charge in [-0.1, -0.05) is 13.3 Å². The molecule has 3 aromatic rings. The van der Waals surface area contributed by atoms with E-state index in [9.17, 15) is 0 Å². The van der Waals surface area contributed by atoms with Crippen molar-refractivity contribution in [2.45, 2.75) is 19.8 Å². The maximum atomic E-state index is 5.68. The van der Waals surface area contributed by atoms with Gasteiger partial charge in [0.1, 0.15) is 5.65 Å². The van der Waals surface area contributed by atoms with E-state index in [1.54, 1.807) is 12.4 Å². The van der Waals surface area contributed by atoms with Crippen molar-refractivity contribution in [3.05, 3.63) is 30.7 Å². The Morgan fingerprint density at radius 1 is 1.24 bits per heavy atom. The number of nitrogens with two attached hydrogens (primary N) is 1. The summed E-state index contributed by atoms with van der Waals surface area (Å²) in [4.78, 5) is 15.8. The summed E-state index contributed by atoms with van der Waals surface area (Å²) in [5.74, 6) is 0.270. The van der Waals surface area contributed by atoms with E-state index in [1.165, 1.54) is 0 Å². The van der Waals surface area contributed by atoms with Crippen molar-refractivity contribution in [3.63, 3.8) is 0 Å². The van der Waals surface area contributed by atoms with Crippen LogP contribution in [0.3, 0.4) is 0 Å². The second kappa shape index (κ2) is 5.78. The zero-order valence-corrected chi connectivity index (χ0v) is 11.9. The van der Waals surface area contributed by atoms with Crippen LogP contribution in [0.5, 0.6) is 0 Å². The molecule has 0 spiro atoms. The molecule has 0 amide bonds. The van der Waals surface area contributed by atoms with Gasteiger partial charge in [-0.3, -0.25) is 0 Å². The van der Waals surface area contributed by atoms with Crippen molar-refractivity contribution in [3.8, 4) is 11.3 Å². The average Bonchev–Trinajstić information content (AvgIpc) is 2.92. The molecule has 4 N–H and O–H groups in total. The number of fused-ring (bicyclic) bond motifs is 1. The van der Waals surface area contributed by atoms with Crippen LogP contribution < -0.4 is 11.1 Å². The summed E-state index contributed by atoms with van der Waals surface area (Å²) in [5.41, 5.74) is 9.35. The van der Waals surface area contributed by atoms with Crippen molar-refractivity contribution in [1.29, 1.82) is 0 Å². The third-order valence-electron chi connectivity index (χ3n) is 3.37. The lowest BCUT2D eigenvalue weighted by Crippen LogP contribution is -2.02. The molecule has 108 valence electrons. The number of pyridine rings is 1. The molecule has 3 heterocycles. The van der Waals surface area contributed by atoms with E-state index < -0.39 is 0 Å². The summed E-state index contributed by atoms with van der Waals surface area (Å²) < 4.78 is 0. The fraction of sp³-hybridized carbons (Fsp3) is 0.267. The number of aromatic amines is 1. The molecule has 6 nitrogen and oxygen atoms in total. The number of nitrogen functional groups attached to an aromatic ring is 1. The quantitative estimate of drug-likeness (QED) is 0.626. The van der Waals surface area contributed by atoms with Crippen molar-refractivity contribution in [2.24, 2.45) is 0 Å². The number of aromatic nitrogens is 4. The first-order chi connectivity index (χ1) is 10.3. The first-order valence-corrected chi connectivity index (χ1v) is 7.08. The lowest BCUT2D eigenvalue weighted by molar-refractivity contribution is 0.835. The van der Waals surface area contributed by atoms with Crippen LogP contribution in [-0.2, 0) is 0 Å². The second-order valence-corrected chi connectivity index (χ2v) is 4.86. The fourth-order valence-electron chi connectivity index (χ4n) is 2.33. The van der Waals surface area contributed by atoms with Crippen LogP contribution in [0, 0.1) is 0 Å². The standard InChI is InChI=1S/C15H18N6/c1-2-3-6-17-12-5-7-18-14-13(12)10(9-20-14)11-4-8-19-15(16)21-11/h4-5,7-9H,2-3,6H2,1H3,(H2,16,19,21)(H2,17,18,20). The van der Waals surface area contributed by atoms with Gasteiger partial charge in [0.05, 0.1) is 11.1 Å². The highest BCUT2D eigenvalue weighted by Crippen LogP contribution is 2.32. The van der Waals surface area contributed by atoms with E-state index in [0.29, 0.717) is 0 Å². The first kappa shape index (κ1) is 13.4. The Hall–Kier alpha value is -2.63. The van der Waals surface area contributed by atoms with E-state index in [0.717, 1.165) is 47.4 Å². The predicted octanol–water partition coefficient (Wildman–Crippen LogP) is 2.81. The van der Waals surface area contributed by atoms with E-state index in [1.807, 2.05) is 18.3 Å². The molecule has 0 bridgehead atoms. The van der Waals surface area contributed by atoms with Gasteiger partial charge in [0.25, 0.3) is 0 Å². The normalized spacial score (nSPS) is 10.9. The maximum absolute atomic E-state index is 5.68. The number of hydrogen-bond acceptors (Lipinski definition) is 5. The van der Waals surface area contributed by atoms with Crippen LogP contribution in [0.4, 0.5) is 11.6 Å². The molecular formula is C15H18N6. The van der Waals surface area contributed by atoms with Gasteiger partial charge < -0.3 is 16.0 Å². The van der Waals surface area contributed by atoms with E-state index in [4.69, 9.17) is 5.73 Å². The number of H-pyrrole nitrogens is 1. The summed E-state index contributed by atoms with van der Waals surface area (Å²) >= 11 is 0. The Morgan fingerprint density at radius 2 is 2.10 bits per heavy atom. The van der Waals surface area contributed by atoms with Crippen LogP contribution >= 0.6 is 0 Å². The fourth-order valence-corrected chi connectivity index (χ4v) is 2.33. The number of nitrogens with zero attached hydrogens (tertiary/aromatic N) is 3. The Balaban J connectivity index is 2.07. The topological polar surface area (TPSA) is 92.5 Å². The summed E-state index contributed by atoms with van der Waals surface area (Å²) in [6.45, 7) is 3.11. The van der Waals surface area contributed by atoms with Crippen LogP contribution in [0.25, 0.3) is 22.3 Å². The Labute approximate surface area is 122 Å². The van der Waals surface area contributed by atoms with Crippen LogP contribution in [0.2, 0.25) is 0 Å². The predicted molar refractivity (Wildman–Crippen MR) is 84.9 cm³/mol. The SMILES string of the molecule is CCCCNc1ccnc2[nH]cc(-c3ccnc(N)n3)c12. The van der Waals surface area contributed by atoms with E-state index in [-0.39, 0.29) is 5.95 Å². The molecule has 0 radical (unpaired) electrons. The zero-order valence-electron chi connectivity index (χ0n) is 11.9. The van der Waals surface area contributed by atoms with Gasteiger partial charge in [-0.15, -0.1) is 0 Å². The minimum atomic E-state index is 0.270. The highest BCUT2D eigenvalue weighted by molar-refractivity contribution is 6.01. The number of unbranched alkanes of at least 4 members (excludes halogenated alkanes) is 1. The van der Waals surface area contributed by atoms with Gasteiger partial charge in [0.15, 0.2) is 0 Å². The molecule has 0 unspecified atom stereocenters. The molecule has 3 aromatic heterocycles. The molecule has 6 heteroatoms. The van der Waals surface area contributed by atoms with Gasteiger partial charge in [-0.2, -0.15) is 0 Å². The van der Waals surface area contributed by atoms with Crippen molar-refractivity contribution >= 4 is 22.7 Å². The minimum absolute atomic E-state index is 0.270. The summed E-state index contributed by atoms with van der Waals surface area (Å²) in [6, 6.07) is 3.83. The van der Waals surface area contributed by atoms with Crippen LogP contribution in [-0.4, -0.2) is 26.5 Å². The smallest absolute Gasteiger partial charge is 0.220 e. The molecule has 21 heavy (non-hydrogen) atoms. The maximum Gasteiger partial charge on any atom is 0.220 e. The molecule has 0 fully saturated rings. The lowest BCUT2D eigenvalue weighted by Gasteiger charge is -2.08. The van der Waals surface area contributed by atoms with E-state index >= 15 is 0 Å².